The molecule has 1 aromatic carbocycles. The summed E-state index contributed by atoms with van der Waals surface area (Å²) in [6.07, 6.45) is 1.51. The molecule has 0 aromatic heterocycles. The van der Waals surface area contributed by atoms with Crippen LogP contribution in [0.25, 0.3) is 0 Å². The first kappa shape index (κ1) is 18.1. The second-order valence-corrected chi connectivity index (χ2v) is 6.20. The van der Waals surface area contributed by atoms with E-state index in [1.54, 1.807) is 5.59 Å². The summed E-state index contributed by atoms with van der Waals surface area (Å²) in [5, 5.41) is 11.9. The molecule has 0 heterocycles. The van der Waals surface area contributed by atoms with Crippen LogP contribution in [0.3, 0.4) is 0 Å². The molecule has 1 rings (SSSR count). The smallest absolute Gasteiger partial charge is 0.320 e. The molecule has 0 amide bonds. The minimum Gasteiger partial charge on any atom is -0.459 e. The summed E-state index contributed by atoms with van der Waals surface area (Å²) < 4.78 is 5.33. The Kier molecular flexibility index (Phi) is 6.52. The third-order valence-corrected chi connectivity index (χ3v) is 3.15. The molecule has 1 atom stereocenters. The lowest BCUT2D eigenvalue weighted by atomic mass is 10.1. The van der Waals surface area contributed by atoms with Crippen LogP contribution in [0.15, 0.2) is 29.4 Å². The van der Waals surface area contributed by atoms with Crippen molar-refractivity contribution in [1.29, 1.82) is 0 Å². The summed E-state index contributed by atoms with van der Waals surface area (Å²) >= 11 is 0. The molecule has 0 aliphatic rings. The number of hydrogen-bond donors (Lipinski definition) is 2. The number of hydrazone groups is 1. The van der Waals surface area contributed by atoms with Gasteiger partial charge in [-0.05, 0) is 45.9 Å². The molecule has 122 valence electrons. The van der Waals surface area contributed by atoms with Crippen LogP contribution in [0.4, 0.5) is 0 Å². The predicted molar refractivity (Wildman–Crippen MR) is 85.8 cm³/mol. The molecule has 0 bridgehead atoms. The Hall–Kier alpha value is -1.92. The summed E-state index contributed by atoms with van der Waals surface area (Å²) in [6.45, 7) is 7.83. The Morgan fingerprint density at radius 1 is 1.41 bits per heavy atom. The third-order valence-electron chi connectivity index (χ3n) is 3.15. The Bertz CT molecular complexity index is 506. The van der Waals surface area contributed by atoms with Gasteiger partial charge in [-0.15, -0.1) is 0 Å². The summed E-state index contributed by atoms with van der Waals surface area (Å²) in [5.74, 6) is -0.236. The number of rotatable bonds is 6. The lowest BCUT2D eigenvalue weighted by Gasteiger charge is -2.26. The number of carbonyl (C=O) groups is 1. The number of carbonyl (C=O) groups excluding carboxylic acids is 1. The predicted octanol–water partition coefficient (Wildman–Crippen LogP) is 2.33. The van der Waals surface area contributed by atoms with Gasteiger partial charge in [0.1, 0.15) is 5.60 Å². The Morgan fingerprint density at radius 2 is 2.00 bits per heavy atom. The van der Waals surface area contributed by atoms with E-state index in [0.29, 0.717) is 0 Å². The highest BCUT2D eigenvalue weighted by Gasteiger charge is 2.20. The van der Waals surface area contributed by atoms with E-state index in [4.69, 9.17) is 9.94 Å². The molecule has 0 aliphatic carbocycles. The molecule has 6 heteroatoms. The second-order valence-electron chi connectivity index (χ2n) is 6.20. The number of ether oxygens (including phenoxy) is 1. The van der Waals surface area contributed by atoms with Gasteiger partial charge in [-0.25, -0.2) is 0 Å². The van der Waals surface area contributed by atoms with Gasteiger partial charge in [-0.1, -0.05) is 24.3 Å². The van der Waals surface area contributed by atoms with E-state index < -0.39 is 5.60 Å². The van der Waals surface area contributed by atoms with Crippen LogP contribution in [-0.2, 0) is 9.53 Å². The van der Waals surface area contributed by atoms with Crippen molar-refractivity contribution in [3.8, 4) is 0 Å². The van der Waals surface area contributed by atoms with E-state index in [-0.39, 0.29) is 18.6 Å². The number of nitrogens with zero attached hydrogens (tertiary/aromatic N) is 2. The molecule has 0 aliphatic heterocycles. The quantitative estimate of drug-likeness (QED) is 0.479. The van der Waals surface area contributed by atoms with Gasteiger partial charge in [0.25, 0.3) is 0 Å². The highest BCUT2D eigenvalue weighted by atomic mass is 16.6. The maximum Gasteiger partial charge on any atom is 0.320 e. The second kappa shape index (κ2) is 7.91. The van der Waals surface area contributed by atoms with Crippen LogP contribution in [0.5, 0.6) is 0 Å². The summed E-state index contributed by atoms with van der Waals surface area (Å²) in [7, 11) is 1.89. The van der Waals surface area contributed by atoms with Crippen molar-refractivity contribution in [1.82, 2.24) is 10.5 Å². The fraction of sp³-hybridized carbons (Fsp3) is 0.500. The molecular formula is C16H25N3O3. The zero-order chi connectivity index (χ0) is 16.8. The molecule has 22 heavy (non-hydrogen) atoms. The molecule has 0 unspecified atom stereocenters. The molecular weight excluding hydrogens is 282 g/mol. The number of likely N-dealkylation sites (N-methyl/N-ethyl adjacent to an activating group) is 1. The number of hydrogen-bond acceptors (Lipinski definition) is 6. The van der Waals surface area contributed by atoms with Crippen molar-refractivity contribution < 1.29 is 14.7 Å². The van der Waals surface area contributed by atoms with Gasteiger partial charge in [-0.2, -0.15) is 10.7 Å². The molecule has 6 nitrogen and oxygen atoms in total. The average Bonchev–Trinajstić information content (AvgIpc) is 2.42. The van der Waals surface area contributed by atoms with Crippen molar-refractivity contribution in [3.05, 3.63) is 35.4 Å². The maximum absolute atomic E-state index is 11.9. The Labute approximate surface area is 131 Å². The van der Waals surface area contributed by atoms with Gasteiger partial charge in [0.05, 0.1) is 12.8 Å². The van der Waals surface area contributed by atoms with Crippen molar-refractivity contribution in [2.45, 2.75) is 39.3 Å². The number of esters is 1. The molecule has 0 spiro atoms. The minimum atomic E-state index is -0.469. The van der Waals surface area contributed by atoms with Gasteiger partial charge in [0.15, 0.2) is 0 Å². The normalized spacial score (nSPS) is 13.4. The molecule has 0 radical (unpaired) electrons. The highest BCUT2D eigenvalue weighted by Crippen LogP contribution is 2.19. The summed E-state index contributed by atoms with van der Waals surface area (Å²) in [4.78, 5) is 13.8. The van der Waals surface area contributed by atoms with Crippen LogP contribution in [0, 0.1) is 0 Å². The summed E-state index contributed by atoms with van der Waals surface area (Å²) in [6, 6.07) is 7.81. The van der Waals surface area contributed by atoms with Gasteiger partial charge < -0.3 is 4.74 Å². The third kappa shape index (κ3) is 6.24. The Balaban J connectivity index is 2.64. The molecule has 1 aromatic rings. The van der Waals surface area contributed by atoms with Crippen molar-refractivity contribution >= 4 is 12.2 Å². The van der Waals surface area contributed by atoms with Gasteiger partial charge in [-0.3, -0.25) is 14.9 Å². The fourth-order valence-electron chi connectivity index (χ4n) is 1.93. The fourth-order valence-corrected chi connectivity index (χ4v) is 1.93. The molecule has 2 N–H and O–H groups in total. The molecule has 0 fully saturated rings. The zero-order valence-corrected chi connectivity index (χ0v) is 13.8. The van der Waals surface area contributed by atoms with E-state index >= 15 is 0 Å². The monoisotopic (exact) mass is 307 g/mol. The largest absolute Gasteiger partial charge is 0.459 e. The first-order valence-electron chi connectivity index (χ1n) is 7.17. The van der Waals surface area contributed by atoms with Crippen LogP contribution < -0.4 is 5.59 Å². The maximum atomic E-state index is 11.9. The van der Waals surface area contributed by atoms with Gasteiger partial charge in [0.2, 0.25) is 0 Å². The van der Waals surface area contributed by atoms with E-state index in [0.717, 1.165) is 11.1 Å². The first-order chi connectivity index (χ1) is 10.2. The summed E-state index contributed by atoms with van der Waals surface area (Å²) in [5.41, 5.74) is 3.20. The van der Waals surface area contributed by atoms with Crippen LogP contribution >= 0.6 is 0 Å². The van der Waals surface area contributed by atoms with Crippen molar-refractivity contribution in [2.24, 2.45) is 5.10 Å². The highest BCUT2D eigenvalue weighted by molar-refractivity contribution is 5.79. The Morgan fingerprint density at radius 3 is 2.50 bits per heavy atom. The lowest BCUT2D eigenvalue weighted by Crippen LogP contribution is -2.34. The molecule has 0 saturated heterocycles. The van der Waals surface area contributed by atoms with Crippen LogP contribution in [-0.4, -0.2) is 41.5 Å². The van der Waals surface area contributed by atoms with E-state index in [9.17, 15) is 4.79 Å². The topological polar surface area (TPSA) is 74.2 Å². The first-order valence-corrected chi connectivity index (χ1v) is 7.17. The van der Waals surface area contributed by atoms with Gasteiger partial charge >= 0.3 is 5.97 Å². The van der Waals surface area contributed by atoms with E-state index in [1.165, 1.54) is 6.21 Å². The molecule has 0 saturated carbocycles. The van der Waals surface area contributed by atoms with Crippen LogP contribution in [0.1, 0.15) is 44.9 Å². The van der Waals surface area contributed by atoms with Crippen molar-refractivity contribution in [3.63, 3.8) is 0 Å². The zero-order valence-electron chi connectivity index (χ0n) is 13.8. The number of benzene rings is 1. The SMILES string of the molecule is C[C@@H](c1ccc(/C=N\NO)cc1)N(C)CC(=O)OC(C)(C)C. The van der Waals surface area contributed by atoms with Crippen LogP contribution in [0.2, 0.25) is 0 Å². The minimum absolute atomic E-state index is 0.0782. The van der Waals surface area contributed by atoms with E-state index in [2.05, 4.69) is 5.10 Å². The average molecular weight is 307 g/mol. The van der Waals surface area contributed by atoms with Gasteiger partial charge in [0, 0.05) is 6.04 Å². The lowest BCUT2D eigenvalue weighted by molar-refractivity contribution is -0.156. The van der Waals surface area contributed by atoms with E-state index in [1.807, 2.05) is 63.9 Å². The van der Waals surface area contributed by atoms with Crippen molar-refractivity contribution in [2.75, 3.05) is 13.6 Å². The standard InChI is InChI=1S/C16H25N3O3/c1-12(19(5)11-15(20)22-16(2,3)4)14-8-6-13(7-9-14)10-17-18-21/h6-10,12,18,21H,11H2,1-5H3/b17-10-/t12-/m0/s1. The number of nitrogens with one attached hydrogen (secondary N) is 1.